The van der Waals surface area contributed by atoms with Crippen molar-refractivity contribution in [1.29, 1.82) is 0 Å². The lowest BCUT2D eigenvalue weighted by Crippen LogP contribution is -2.25. The minimum atomic E-state index is -0.606. The van der Waals surface area contributed by atoms with Gasteiger partial charge in [0, 0.05) is 24.7 Å². The molecule has 0 spiro atoms. The maximum atomic E-state index is 11.8. The van der Waals surface area contributed by atoms with E-state index in [1.54, 1.807) is 24.3 Å². The van der Waals surface area contributed by atoms with E-state index >= 15 is 0 Å². The van der Waals surface area contributed by atoms with Gasteiger partial charge in [-0.2, -0.15) is 0 Å². The number of nitrogens with one attached hydrogen (secondary N) is 2. The number of ether oxygens (including phenoxy) is 2. The molecule has 2 rings (SSSR count). The number of carbonyl (C=O) groups excluding carboxylic acids is 3. The predicted molar refractivity (Wildman–Crippen MR) is 100 cm³/mol. The van der Waals surface area contributed by atoms with E-state index in [0.29, 0.717) is 18.0 Å². The molecule has 0 unspecified atom stereocenters. The summed E-state index contributed by atoms with van der Waals surface area (Å²) < 4.78 is 9.95. The van der Waals surface area contributed by atoms with Gasteiger partial charge in [0.2, 0.25) is 5.91 Å². The number of hydrogen-bond acceptors (Lipinski definition) is 5. The summed E-state index contributed by atoms with van der Waals surface area (Å²) in [5, 5.41) is 5.32. The quantitative estimate of drug-likeness (QED) is 0.661. The van der Waals surface area contributed by atoms with E-state index in [2.05, 4.69) is 10.6 Å². The molecule has 0 bridgehead atoms. The van der Waals surface area contributed by atoms with Crippen molar-refractivity contribution < 1.29 is 23.9 Å². The van der Waals surface area contributed by atoms with Crippen molar-refractivity contribution in [2.24, 2.45) is 0 Å². The molecule has 2 N–H and O–H groups in total. The van der Waals surface area contributed by atoms with Crippen LogP contribution < -0.4 is 15.4 Å². The Hall–Kier alpha value is -3.35. The molecule has 7 nitrogen and oxygen atoms in total. The van der Waals surface area contributed by atoms with Crippen LogP contribution in [0.25, 0.3) is 0 Å². The lowest BCUT2D eigenvalue weighted by molar-refractivity contribution is -0.148. The molecule has 2 amide bonds. The number of rotatable bonds is 9. The lowest BCUT2D eigenvalue weighted by atomic mass is 10.2. The predicted octanol–water partition coefficient (Wildman–Crippen LogP) is 2.27. The van der Waals surface area contributed by atoms with E-state index < -0.39 is 18.5 Å². The van der Waals surface area contributed by atoms with Crippen molar-refractivity contribution in [2.75, 3.05) is 19.0 Å². The standard InChI is InChI=1S/C20H22N2O5/c1-26-17-9-5-8-16(12-17)22-19(24)14-27-20(25)11-10-18(23)21-13-15-6-3-2-4-7-15/h2-9,12H,10-11,13-14H2,1H3,(H,21,23)(H,22,24). The molecule has 0 aliphatic carbocycles. The summed E-state index contributed by atoms with van der Waals surface area (Å²) in [6.45, 7) is -0.0145. The number of amides is 2. The molecular weight excluding hydrogens is 348 g/mol. The van der Waals surface area contributed by atoms with Crippen molar-refractivity contribution in [2.45, 2.75) is 19.4 Å². The van der Waals surface area contributed by atoms with Crippen LogP contribution in [0.5, 0.6) is 5.75 Å². The van der Waals surface area contributed by atoms with Gasteiger partial charge in [-0.3, -0.25) is 14.4 Å². The maximum absolute atomic E-state index is 11.8. The highest BCUT2D eigenvalue weighted by Gasteiger charge is 2.11. The third-order valence-electron chi connectivity index (χ3n) is 3.61. The van der Waals surface area contributed by atoms with Crippen LogP contribution >= 0.6 is 0 Å². The van der Waals surface area contributed by atoms with Gasteiger partial charge < -0.3 is 20.1 Å². The summed E-state index contributed by atoms with van der Waals surface area (Å²) in [5.74, 6) is -0.723. The molecular formula is C20H22N2O5. The maximum Gasteiger partial charge on any atom is 0.306 e. The Morgan fingerprint density at radius 3 is 2.44 bits per heavy atom. The van der Waals surface area contributed by atoms with Crippen LogP contribution in [0.4, 0.5) is 5.69 Å². The average molecular weight is 370 g/mol. The largest absolute Gasteiger partial charge is 0.497 e. The molecule has 2 aromatic carbocycles. The molecule has 0 fully saturated rings. The van der Waals surface area contributed by atoms with Gasteiger partial charge in [0.15, 0.2) is 6.61 Å². The Kier molecular flexibility index (Phi) is 7.84. The zero-order valence-corrected chi connectivity index (χ0v) is 15.1. The van der Waals surface area contributed by atoms with Gasteiger partial charge in [0.25, 0.3) is 5.91 Å². The molecule has 0 saturated heterocycles. The molecule has 7 heteroatoms. The Morgan fingerprint density at radius 2 is 1.70 bits per heavy atom. The summed E-state index contributed by atoms with van der Waals surface area (Å²) >= 11 is 0. The molecule has 2 aromatic rings. The highest BCUT2D eigenvalue weighted by molar-refractivity contribution is 5.93. The fourth-order valence-electron chi connectivity index (χ4n) is 2.22. The first kappa shape index (κ1) is 20.0. The average Bonchev–Trinajstić information content (AvgIpc) is 2.70. The van der Waals surface area contributed by atoms with Gasteiger partial charge in [-0.05, 0) is 17.7 Å². The number of methoxy groups -OCH3 is 1. The summed E-state index contributed by atoms with van der Waals surface area (Å²) in [5.41, 5.74) is 1.51. The summed E-state index contributed by atoms with van der Waals surface area (Å²) in [6, 6.07) is 16.3. The normalized spacial score (nSPS) is 9.96. The molecule has 0 radical (unpaired) electrons. The Bertz CT molecular complexity index is 777. The second-order valence-corrected chi connectivity index (χ2v) is 5.70. The van der Waals surface area contributed by atoms with E-state index in [1.807, 2.05) is 30.3 Å². The van der Waals surface area contributed by atoms with Crippen LogP contribution in [0.2, 0.25) is 0 Å². The third kappa shape index (κ3) is 7.60. The summed E-state index contributed by atoms with van der Waals surface area (Å²) in [6.07, 6.45) is -0.0871. The zero-order valence-electron chi connectivity index (χ0n) is 15.1. The topological polar surface area (TPSA) is 93.7 Å². The molecule has 0 aliphatic heterocycles. The Morgan fingerprint density at radius 1 is 0.926 bits per heavy atom. The molecule has 0 aromatic heterocycles. The minimum Gasteiger partial charge on any atom is -0.497 e. The molecule has 0 saturated carbocycles. The first-order valence-electron chi connectivity index (χ1n) is 8.47. The number of carbonyl (C=O) groups is 3. The van der Waals surface area contributed by atoms with E-state index in [4.69, 9.17) is 9.47 Å². The van der Waals surface area contributed by atoms with Crippen LogP contribution in [-0.4, -0.2) is 31.5 Å². The Balaban J connectivity index is 1.63. The van der Waals surface area contributed by atoms with E-state index in [-0.39, 0.29) is 18.7 Å². The zero-order chi connectivity index (χ0) is 19.5. The molecule has 27 heavy (non-hydrogen) atoms. The van der Waals surface area contributed by atoms with Crippen LogP contribution in [0.15, 0.2) is 54.6 Å². The van der Waals surface area contributed by atoms with Gasteiger partial charge >= 0.3 is 5.97 Å². The highest BCUT2D eigenvalue weighted by Crippen LogP contribution is 2.16. The van der Waals surface area contributed by atoms with Gasteiger partial charge in [-0.1, -0.05) is 36.4 Å². The number of benzene rings is 2. The summed E-state index contributed by atoms with van der Waals surface area (Å²) in [7, 11) is 1.53. The molecule has 0 aliphatic rings. The van der Waals surface area contributed by atoms with Crippen LogP contribution in [0, 0.1) is 0 Å². The lowest BCUT2D eigenvalue weighted by Gasteiger charge is -2.08. The summed E-state index contributed by atoms with van der Waals surface area (Å²) in [4.78, 5) is 35.2. The molecule has 142 valence electrons. The SMILES string of the molecule is COc1cccc(NC(=O)COC(=O)CCC(=O)NCc2ccccc2)c1. The molecule has 0 heterocycles. The first-order chi connectivity index (χ1) is 13.1. The first-order valence-corrected chi connectivity index (χ1v) is 8.47. The van der Waals surface area contributed by atoms with Crippen LogP contribution in [0.3, 0.4) is 0 Å². The number of esters is 1. The second-order valence-electron chi connectivity index (χ2n) is 5.70. The van der Waals surface area contributed by atoms with E-state index in [0.717, 1.165) is 5.56 Å². The molecule has 0 atom stereocenters. The van der Waals surface area contributed by atoms with Crippen molar-refractivity contribution in [3.63, 3.8) is 0 Å². The van der Waals surface area contributed by atoms with Gasteiger partial charge in [-0.25, -0.2) is 0 Å². The smallest absolute Gasteiger partial charge is 0.306 e. The second kappa shape index (κ2) is 10.6. The monoisotopic (exact) mass is 370 g/mol. The highest BCUT2D eigenvalue weighted by atomic mass is 16.5. The van der Waals surface area contributed by atoms with Crippen molar-refractivity contribution in [3.8, 4) is 5.75 Å². The fourth-order valence-corrected chi connectivity index (χ4v) is 2.22. The number of hydrogen-bond donors (Lipinski definition) is 2. The van der Waals surface area contributed by atoms with Gasteiger partial charge in [-0.15, -0.1) is 0 Å². The van der Waals surface area contributed by atoms with Crippen molar-refractivity contribution in [1.82, 2.24) is 5.32 Å². The van der Waals surface area contributed by atoms with Crippen molar-refractivity contribution in [3.05, 3.63) is 60.2 Å². The van der Waals surface area contributed by atoms with Crippen LogP contribution in [-0.2, 0) is 25.7 Å². The van der Waals surface area contributed by atoms with E-state index in [9.17, 15) is 14.4 Å². The fraction of sp³-hybridized carbons (Fsp3) is 0.250. The van der Waals surface area contributed by atoms with Gasteiger partial charge in [0.05, 0.1) is 13.5 Å². The van der Waals surface area contributed by atoms with Crippen molar-refractivity contribution >= 4 is 23.5 Å². The minimum absolute atomic E-state index is 0.00314. The Labute approximate surface area is 157 Å². The third-order valence-corrected chi connectivity index (χ3v) is 3.61. The van der Waals surface area contributed by atoms with Gasteiger partial charge in [0.1, 0.15) is 5.75 Å². The van der Waals surface area contributed by atoms with Crippen LogP contribution in [0.1, 0.15) is 18.4 Å². The van der Waals surface area contributed by atoms with E-state index in [1.165, 1.54) is 7.11 Å². The number of anilines is 1.